The largest absolute Gasteiger partial charge is 0.245 e. The smallest absolute Gasteiger partial charge is 0.103 e. The molecule has 0 aliphatic rings. The van der Waals surface area contributed by atoms with Crippen LogP contribution in [-0.4, -0.2) is 9.36 Å². The zero-order valence-corrected chi connectivity index (χ0v) is 7.58. The highest BCUT2D eigenvalue weighted by Crippen LogP contribution is 2.19. The van der Waals surface area contributed by atoms with E-state index in [-0.39, 0.29) is 0 Å². The summed E-state index contributed by atoms with van der Waals surface area (Å²) in [4.78, 5) is 4.49. The van der Waals surface area contributed by atoms with Crippen molar-refractivity contribution in [3.63, 3.8) is 0 Å². The Hall–Kier alpha value is -1.48. The van der Waals surface area contributed by atoms with Crippen molar-refractivity contribution >= 4 is 33.5 Å². The van der Waals surface area contributed by atoms with Gasteiger partial charge in [-0.15, -0.1) is 0 Å². The van der Waals surface area contributed by atoms with Gasteiger partial charge in [-0.2, -0.15) is 4.37 Å². The van der Waals surface area contributed by atoms with Crippen LogP contribution in [-0.2, 0) is 0 Å². The zero-order chi connectivity index (χ0) is 8.67. The molecule has 0 N–H and O–H groups in total. The van der Waals surface area contributed by atoms with E-state index in [1.165, 1.54) is 11.5 Å². The molecule has 0 saturated carbocycles. The van der Waals surface area contributed by atoms with Crippen LogP contribution in [0.4, 0.5) is 0 Å². The molecule has 0 aliphatic heterocycles. The number of para-hydroxylation sites is 1. The van der Waals surface area contributed by atoms with Gasteiger partial charge in [-0.3, -0.25) is 0 Å². The molecule has 0 radical (unpaired) electrons. The van der Waals surface area contributed by atoms with Crippen LogP contribution in [0.1, 0.15) is 0 Å². The van der Waals surface area contributed by atoms with Crippen LogP contribution in [0.5, 0.6) is 0 Å². The Kier molecular flexibility index (Phi) is 1.34. The molecule has 62 valence electrons. The van der Waals surface area contributed by atoms with Gasteiger partial charge in [-0.1, -0.05) is 18.2 Å². The minimum absolute atomic E-state index is 0.990. The normalized spacial score (nSPS) is 11.1. The Morgan fingerprint density at radius 2 is 1.92 bits per heavy atom. The molecule has 0 bridgehead atoms. The van der Waals surface area contributed by atoms with Gasteiger partial charge in [0.05, 0.1) is 5.52 Å². The first-order chi connectivity index (χ1) is 6.43. The van der Waals surface area contributed by atoms with Gasteiger partial charge in [-0.05, 0) is 23.7 Å². The molecule has 3 aromatic rings. The van der Waals surface area contributed by atoms with Crippen LogP contribution in [0.2, 0.25) is 0 Å². The van der Waals surface area contributed by atoms with E-state index in [0.29, 0.717) is 0 Å². The van der Waals surface area contributed by atoms with Gasteiger partial charge in [0.25, 0.3) is 0 Å². The standard InChI is InChI=1S/C10H6N2S/c1-2-4-8-7(3-1)5-9-10(11-8)6-13-12-9/h1-6H. The molecule has 0 saturated heterocycles. The predicted octanol–water partition coefficient (Wildman–Crippen LogP) is 2.84. The van der Waals surface area contributed by atoms with Crippen molar-refractivity contribution < 1.29 is 0 Å². The summed E-state index contributed by atoms with van der Waals surface area (Å²) in [6, 6.07) is 10.2. The van der Waals surface area contributed by atoms with Crippen molar-refractivity contribution in [3.8, 4) is 0 Å². The fourth-order valence-electron chi connectivity index (χ4n) is 1.41. The fourth-order valence-corrected chi connectivity index (χ4v) is 2.00. The average Bonchev–Trinajstić information content (AvgIpc) is 2.61. The van der Waals surface area contributed by atoms with Gasteiger partial charge < -0.3 is 0 Å². The lowest BCUT2D eigenvalue weighted by Gasteiger charge is -1.94. The number of hydrogen-bond donors (Lipinski definition) is 0. The van der Waals surface area contributed by atoms with Crippen LogP contribution in [0.15, 0.2) is 35.7 Å². The Balaban J connectivity index is 2.57. The summed E-state index contributed by atoms with van der Waals surface area (Å²) in [5.41, 5.74) is 3.02. The lowest BCUT2D eigenvalue weighted by Crippen LogP contribution is -1.78. The summed E-state index contributed by atoms with van der Waals surface area (Å²) in [6.45, 7) is 0. The quantitative estimate of drug-likeness (QED) is 0.539. The number of fused-ring (bicyclic) bond motifs is 2. The molecule has 0 amide bonds. The molecule has 2 nitrogen and oxygen atoms in total. The molecule has 0 spiro atoms. The maximum absolute atomic E-state index is 4.49. The van der Waals surface area contributed by atoms with Crippen LogP contribution >= 0.6 is 11.5 Å². The minimum Gasteiger partial charge on any atom is -0.245 e. The third kappa shape index (κ3) is 1.01. The van der Waals surface area contributed by atoms with Gasteiger partial charge in [-0.25, -0.2) is 4.98 Å². The van der Waals surface area contributed by atoms with E-state index in [2.05, 4.69) is 21.5 Å². The Labute approximate surface area is 79.0 Å². The molecule has 0 aliphatic carbocycles. The maximum atomic E-state index is 4.49. The lowest BCUT2D eigenvalue weighted by molar-refractivity contribution is 1.50. The molecule has 0 unspecified atom stereocenters. The molecule has 13 heavy (non-hydrogen) atoms. The van der Waals surface area contributed by atoms with Crippen molar-refractivity contribution in [2.45, 2.75) is 0 Å². The van der Waals surface area contributed by atoms with E-state index in [1.54, 1.807) is 0 Å². The van der Waals surface area contributed by atoms with Gasteiger partial charge >= 0.3 is 0 Å². The van der Waals surface area contributed by atoms with Crippen molar-refractivity contribution in [3.05, 3.63) is 35.7 Å². The van der Waals surface area contributed by atoms with Gasteiger partial charge in [0.15, 0.2) is 0 Å². The Bertz CT molecular complexity index is 521. The highest BCUT2D eigenvalue weighted by molar-refractivity contribution is 7.04. The van der Waals surface area contributed by atoms with E-state index in [9.17, 15) is 0 Å². The van der Waals surface area contributed by atoms with E-state index >= 15 is 0 Å². The van der Waals surface area contributed by atoms with E-state index in [4.69, 9.17) is 0 Å². The monoisotopic (exact) mass is 186 g/mol. The van der Waals surface area contributed by atoms with Gasteiger partial charge in [0.2, 0.25) is 0 Å². The number of aromatic nitrogens is 2. The molecule has 0 fully saturated rings. The van der Waals surface area contributed by atoms with E-state index in [1.807, 2.05) is 23.6 Å². The highest BCUT2D eigenvalue weighted by Gasteiger charge is 1.99. The van der Waals surface area contributed by atoms with Crippen LogP contribution in [0, 0.1) is 0 Å². The Morgan fingerprint density at radius 3 is 2.92 bits per heavy atom. The molecular weight excluding hydrogens is 180 g/mol. The third-order valence-corrected chi connectivity index (χ3v) is 2.68. The first kappa shape index (κ1) is 6.97. The molecule has 3 rings (SSSR count). The lowest BCUT2D eigenvalue weighted by atomic mass is 10.2. The van der Waals surface area contributed by atoms with Crippen molar-refractivity contribution in [1.82, 2.24) is 9.36 Å². The Morgan fingerprint density at radius 1 is 1.00 bits per heavy atom. The molecular formula is C10H6N2S. The summed E-state index contributed by atoms with van der Waals surface area (Å²) in [7, 11) is 0. The summed E-state index contributed by atoms with van der Waals surface area (Å²) < 4.78 is 4.25. The van der Waals surface area contributed by atoms with Gasteiger partial charge in [0.1, 0.15) is 11.0 Å². The molecule has 2 heterocycles. The fraction of sp³-hybridized carbons (Fsp3) is 0. The van der Waals surface area contributed by atoms with Crippen LogP contribution in [0.25, 0.3) is 21.9 Å². The first-order valence-electron chi connectivity index (χ1n) is 4.03. The molecule has 1 aromatic carbocycles. The average molecular weight is 186 g/mol. The van der Waals surface area contributed by atoms with Crippen molar-refractivity contribution in [2.24, 2.45) is 0 Å². The number of nitrogens with zero attached hydrogens (tertiary/aromatic N) is 2. The first-order valence-corrected chi connectivity index (χ1v) is 4.87. The maximum Gasteiger partial charge on any atom is 0.103 e. The predicted molar refractivity (Wildman–Crippen MR) is 54.9 cm³/mol. The second-order valence-electron chi connectivity index (χ2n) is 2.90. The topological polar surface area (TPSA) is 25.8 Å². The summed E-state index contributed by atoms with van der Waals surface area (Å²) in [5.74, 6) is 0. The van der Waals surface area contributed by atoms with Gasteiger partial charge in [0, 0.05) is 10.8 Å². The zero-order valence-electron chi connectivity index (χ0n) is 6.77. The number of hydrogen-bond acceptors (Lipinski definition) is 3. The molecule has 2 aromatic heterocycles. The molecule has 3 heteroatoms. The van der Waals surface area contributed by atoms with E-state index in [0.717, 1.165) is 21.9 Å². The van der Waals surface area contributed by atoms with Crippen LogP contribution < -0.4 is 0 Å². The second kappa shape index (κ2) is 2.50. The summed E-state index contributed by atoms with van der Waals surface area (Å²) in [5, 5.41) is 3.13. The number of rotatable bonds is 0. The summed E-state index contributed by atoms with van der Waals surface area (Å²) in [6.07, 6.45) is 0. The highest BCUT2D eigenvalue weighted by atomic mass is 32.1. The van der Waals surface area contributed by atoms with Crippen molar-refractivity contribution in [1.29, 1.82) is 0 Å². The van der Waals surface area contributed by atoms with E-state index < -0.39 is 0 Å². The third-order valence-electron chi connectivity index (χ3n) is 2.05. The van der Waals surface area contributed by atoms with Crippen LogP contribution in [0.3, 0.4) is 0 Å². The second-order valence-corrected chi connectivity index (χ2v) is 3.53. The number of benzene rings is 1. The minimum atomic E-state index is 0.990. The SMILES string of the molecule is c1ccc2nc3csnc3cc2c1. The summed E-state index contributed by atoms with van der Waals surface area (Å²) >= 11 is 1.45. The van der Waals surface area contributed by atoms with Crippen molar-refractivity contribution in [2.75, 3.05) is 0 Å². The molecule has 0 atom stereocenters. The number of pyridine rings is 1.